The lowest BCUT2D eigenvalue weighted by molar-refractivity contribution is 0.224. The van der Waals surface area contributed by atoms with E-state index in [1.54, 1.807) is 38.4 Å². The molecule has 2 aromatic heterocycles. The summed E-state index contributed by atoms with van der Waals surface area (Å²) in [6, 6.07) is 9.28. The van der Waals surface area contributed by atoms with Gasteiger partial charge in [-0.1, -0.05) is 35.3 Å². The van der Waals surface area contributed by atoms with Gasteiger partial charge in [0.1, 0.15) is 22.2 Å². The van der Waals surface area contributed by atoms with Gasteiger partial charge in [-0.2, -0.15) is 5.26 Å². The summed E-state index contributed by atoms with van der Waals surface area (Å²) >= 11 is 11.8. The summed E-state index contributed by atoms with van der Waals surface area (Å²) < 4.78 is 24.6. The fourth-order valence-electron chi connectivity index (χ4n) is 3.44. The first-order valence-electron chi connectivity index (χ1n) is 10.1. The van der Waals surface area contributed by atoms with E-state index in [9.17, 15) is 9.83 Å². The number of nitrogens with zero attached hydrogens (tertiary/aromatic N) is 5. The van der Waals surface area contributed by atoms with Gasteiger partial charge in [-0.3, -0.25) is 4.57 Å². The van der Waals surface area contributed by atoms with E-state index in [2.05, 4.69) is 16.0 Å². The Morgan fingerprint density at radius 1 is 1.00 bits per heavy atom. The van der Waals surface area contributed by atoms with E-state index in [0.717, 1.165) is 11.1 Å². The van der Waals surface area contributed by atoms with Crippen molar-refractivity contribution in [2.75, 3.05) is 26.3 Å². The van der Waals surface area contributed by atoms with Crippen molar-refractivity contribution in [2.45, 2.75) is 26.9 Å². The van der Waals surface area contributed by atoms with E-state index in [-0.39, 0.29) is 18.5 Å². The zero-order valence-corrected chi connectivity index (χ0v) is 20.3. The lowest BCUT2D eigenvalue weighted by atomic mass is 10.2. The third kappa shape index (κ3) is 5.80. The molecule has 0 saturated carbocycles. The molecule has 0 atom stereocenters. The zero-order valence-electron chi connectivity index (χ0n) is 17.9. The van der Waals surface area contributed by atoms with E-state index < -0.39 is 7.60 Å². The molecule has 170 valence electrons. The largest absolute Gasteiger partial charge is 0.375 e. The summed E-state index contributed by atoms with van der Waals surface area (Å²) in [6.45, 7) is 5.87. The number of hydrogen-bond donors (Lipinski definition) is 0. The number of pyridine rings is 2. The van der Waals surface area contributed by atoms with Crippen LogP contribution in [0.25, 0.3) is 0 Å². The first-order valence-corrected chi connectivity index (χ1v) is 12.4. The average molecular weight is 496 g/mol. The van der Waals surface area contributed by atoms with Crippen LogP contribution in [0.15, 0.2) is 47.8 Å². The van der Waals surface area contributed by atoms with Crippen LogP contribution in [0.2, 0.25) is 10.3 Å². The predicted octanol–water partition coefficient (Wildman–Crippen LogP) is 5.06. The van der Waals surface area contributed by atoms with Gasteiger partial charge in [-0.05, 0) is 37.1 Å². The van der Waals surface area contributed by atoms with Gasteiger partial charge in [-0.15, -0.1) is 0 Å². The molecule has 0 spiro atoms. The molecule has 8 nitrogen and oxygen atoms in total. The first kappa shape index (κ1) is 24.5. The van der Waals surface area contributed by atoms with Gasteiger partial charge in [0.15, 0.2) is 5.31 Å². The number of allylic oxidation sites excluding steroid dienone is 1. The molecule has 1 fully saturated rings. The van der Waals surface area contributed by atoms with Crippen molar-refractivity contribution in [3.8, 4) is 6.07 Å². The van der Waals surface area contributed by atoms with Crippen molar-refractivity contribution >= 4 is 30.8 Å². The van der Waals surface area contributed by atoms with Crippen LogP contribution in [0.4, 0.5) is 0 Å². The van der Waals surface area contributed by atoms with Crippen molar-refractivity contribution in [1.82, 2.24) is 19.8 Å². The monoisotopic (exact) mass is 495 g/mol. The molecule has 1 aliphatic rings. The van der Waals surface area contributed by atoms with Crippen LogP contribution in [0, 0.1) is 11.3 Å². The normalized spacial score (nSPS) is 14.0. The first-order chi connectivity index (χ1) is 15.4. The van der Waals surface area contributed by atoms with Gasteiger partial charge in [0.05, 0.1) is 13.2 Å². The molecule has 0 bridgehead atoms. The van der Waals surface area contributed by atoms with Gasteiger partial charge in [0.2, 0.25) is 0 Å². The molecule has 0 aliphatic carbocycles. The summed E-state index contributed by atoms with van der Waals surface area (Å²) in [7, 11) is -3.82. The minimum absolute atomic E-state index is 0.0115. The predicted molar refractivity (Wildman–Crippen MR) is 123 cm³/mol. The Bertz CT molecular complexity index is 973. The summed E-state index contributed by atoms with van der Waals surface area (Å²) in [6.07, 6.45) is 3.37. The number of hydrogen-bond acceptors (Lipinski definition) is 8. The maximum Gasteiger partial charge on any atom is 0.375 e. The van der Waals surface area contributed by atoms with E-state index in [4.69, 9.17) is 32.2 Å². The molecular weight excluding hydrogens is 472 g/mol. The molecule has 1 aliphatic heterocycles. The van der Waals surface area contributed by atoms with Gasteiger partial charge >= 0.3 is 7.60 Å². The van der Waals surface area contributed by atoms with E-state index in [0.29, 0.717) is 42.3 Å². The molecule has 0 radical (unpaired) electrons. The molecule has 1 saturated heterocycles. The number of halogens is 2. The number of aromatic nitrogens is 2. The van der Waals surface area contributed by atoms with Crippen molar-refractivity contribution in [3.05, 3.63) is 69.2 Å². The summed E-state index contributed by atoms with van der Waals surface area (Å²) in [5.41, 5.74) is 1.81. The number of rotatable bonds is 9. The number of nitriles is 1. The Hall–Kier alpha value is -2.14. The Balaban J connectivity index is 2.03. The van der Waals surface area contributed by atoms with Crippen LogP contribution in [0.3, 0.4) is 0 Å². The van der Waals surface area contributed by atoms with Crippen LogP contribution in [-0.2, 0) is 26.7 Å². The SMILES string of the molecule is CCOP(=O)(OCC)C(C#N)=C1N(Cc2ccc(Cl)nc2)CCN1Cc1ccc(Cl)nc1. The van der Waals surface area contributed by atoms with Crippen molar-refractivity contribution < 1.29 is 13.6 Å². The van der Waals surface area contributed by atoms with Crippen LogP contribution in [0.5, 0.6) is 0 Å². The minimum Gasteiger partial charge on any atom is -0.351 e. The average Bonchev–Trinajstić information content (AvgIpc) is 3.14. The van der Waals surface area contributed by atoms with E-state index in [1.807, 2.05) is 21.9 Å². The highest BCUT2D eigenvalue weighted by molar-refractivity contribution is 7.59. The van der Waals surface area contributed by atoms with Crippen LogP contribution >= 0.6 is 30.8 Å². The third-order valence-electron chi connectivity index (χ3n) is 4.75. The highest BCUT2D eigenvalue weighted by Crippen LogP contribution is 2.58. The standard InChI is InChI=1S/C21H24Cl2N5O3P/c1-3-30-32(29,31-4-2)18(11-24)21-27(14-16-5-7-19(22)25-12-16)9-10-28(21)15-17-6-8-20(23)26-13-17/h5-8,12-13H,3-4,9-10,14-15H2,1-2H3. The van der Waals surface area contributed by atoms with Crippen molar-refractivity contribution in [3.63, 3.8) is 0 Å². The molecule has 3 heterocycles. The van der Waals surface area contributed by atoms with Gasteiger partial charge in [0.25, 0.3) is 0 Å². The summed E-state index contributed by atoms with van der Waals surface area (Å²) in [4.78, 5) is 12.2. The highest BCUT2D eigenvalue weighted by Gasteiger charge is 2.39. The second-order valence-electron chi connectivity index (χ2n) is 6.94. The maximum absolute atomic E-state index is 13.6. The Morgan fingerprint density at radius 2 is 1.47 bits per heavy atom. The van der Waals surface area contributed by atoms with Crippen molar-refractivity contribution in [1.29, 1.82) is 5.26 Å². The molecule has 11 heteroatoms. The van der Waals surface area contributed by atoms with E-state index >= 15 is 0 Å². The van der Waals surface area contributed by atoms with Gasteiger partial charge < -0.3 is 18.8 Å². The smallest absolute Gasteiger partial charge is 0.351 e. The van der Waals surface area contributed by atoms with Crippen molar-refractivity contribution in [2.24, 2.45) is 0 Å². The third-order valence-corrected chi connectivity index (χ3v) is 7.24. The summed E-state index contributed by atoms with van der Waals surface area (Å²) in [5.74, 6) is 0.516. The van der Waals surface area contributed by atoms with Gasteiger partial charge in [0, 0.05) is 38.6 Å². The Kier molecular flexibility index (Phi) is 8.52. The zero-order chi connectivity index (χ0) is 23.1. The molecule has 2 aromatic rings. The fraction of sp³-hybridized carbons (Fsp3) is 0.381. The summed E-state index contributed by atoms with van der Waals surface area (Å²) in [5, 5.41) is 10.9. The molecule has 0 unspecified atom stereocenters. The van der Waals surface area contributed by atoms with E-state index in [1.165, 1.54) is 0 Å². The Morgan fingerprint density at radius 3 is 1.81 bits per heavy atom. The molecule has 0 aromatic carbocycles. The fourth-order valence-corrected chi connectivity index (χ4v) is 5.33. The molecule has 0 amide bonds. The quantitative estimate of drug-likeness (QED) is 0.270. The Labute approximate surface area is 197 Å². The minimum atomic E-state index is -3.82. The second kappa shape index (κ2) is 11.1. The molecular formula is C21H24Cl2N5O3P. The second-order valence-corrected chi connectivity index (χ2v) is 9.67. The molecule has 3 rings (SSSR count). The van der Waals surface area contributed by atoms with Crippen LogP contribution in [-0.4, -0.2) is 46.1 Å². The molecule has 0 N–H and O–H groups in total. The topological polar surface area (TPSA) is 91.6 Å². The van der Waals surface area contributed by atoms with Gasteiger partial charge in [-0.25, -0.2) is 9.97 Å². The van der Waals surface area contributed by atoms with Crippen LogP contribution in [0.1, 0.15) is 25.0 Å². The lowest BCUT2D eigenvalue weighted by Crippen LogP contribution is -2.25. The van der Waals surface area contributed by atoms with Crippen LogP contribution < -0.4 is 0 Å². The highest BCUT2D eigenvalue weighted by atomic mass is 35.5. The lowest BCUT2D eigenvalue weighted by Gasteiger charge is -2.28. The maximum atomic E-state index is 13.6. The molecule has 32 heavy (non-hydrogen) atoms.